The zero-order valence-electron chi connectivity index (χ0n) is 14.6. The number of esters is 2. The molecule has 0 radical (unpaired) electrons. The van der Waals surface area contributed by atoms with E-state index in [0.717, 1.165) is 12.3 Å². The van der Waals surface area contributed by atoms with E-state index in [1.54, 1.807) is 0 Å². The first kappa shape index (κ1) is 18.9. The summed E-state index contributed by atoms with van der Waals surface area (Å²) in [6.07, 6.45) is 12.1. The van der Waals surface area contributed by atoms with E-state index in [0.29, 0.717) is 5.92 Å². The first-order chi connectivity index (χ1) is 10.5. The lowest BCUT2D eigenvalue weighted by atomic mass is 9.87. The second-order valence-electron chi connectivity index (χ2n) is 6.85. The number of rotatable bonds is 10. The molecule has 0 aromatic heterocycles. The molecule has 0 N–H and O–H groups in total. The largest absolute Gasteiger partial charge is 0.393 e. The van der Waals surface area contributed by atoms with E-state index in [1.807, 2.05) is 6.92 Å². The van der Waals surface area contributed by atoms with E-state index in [-0.39, 0.29) is 30.2 Å². The van der Waals surface area contributed by atoms with Gasteiger partial charge >= 0.3 is 11.9 Å². The maximum absolute atomic E-state index is 11.6. The van der Waals surface area contributed by atoms with Crippen molar-refractivity contribution < 1.29 is 14.3 Å². The molecule has 1 rings (SSSR count). The Balaban J connectivity index is 2.43. The van der Waals surface area contributed by atoms with Crippen LogP contribution in [-0.2, 0) is 14.3 Å². The average molecular weight is 308 g/mol. The minimum absolute atomic E-state index is 0.0726. The lowest BCUT2D eigenvalue weighted by Gasteiger charge is -2.18. The molecule has 4 atom stereocenters. The fourth-order valence-electron chi connectivity index (χ4n) is 3.12. The van der Waals surface area contributed by atoms with Crippen molar-refractivity contribution in [2.45, 2.75) is 72.6 Å². The van der Waals surface area contributed by atoms with Crippen molar-refractivity contribution >= 4 is 11.9 Å². The predicted molar refractivity (Wildman–Crippen MR) is 89.2 cm³/mol. The average Bonchev–Trinajstić information content (AvgIpc) is 2.82. The summed E-state index contributed by atoms with van der Waals surface area (Å²) in [6, 6.07) is 0. The Morgan fingerprint density at radius 3 is 2.45 bits per heavy atom. The van der Waals surface area contributed by atoms with E-state index < -0.39 is 0 Å². The summed E-state index contributed by atoms with van der Waals surface area (Å²) in [5.74, 6) is 0.350. The summed E-state index contributed by atoms with van der Waals surface area (Å²) in [7, 11) is 0. The molecule has 0 aromatic carbocycles. The highest BCUT2D eigenvalue weighted by Gasteiger charge is 2.36. The SMILES string of the molecule is CCCCCC(C)CC(C=CC(C)C1CC(=O)OC1=O)CC. The second-order valence-corrected chi connectivity index (χ2v) is 6.85. The quantitative estimate of drug-likeness (QED) is 0.249. The van der Waals surface area contributed by atoms with Crippen LogP contribution in [0.2, 0.25) is 0 Å². The van der Waals surface area contributed by atoms with Gasteiger partial charge in [0.2, 0.25) is 0 Å². The van der Waals surface area contributed by atoms with Crippen LogP contribution in [-0.4, -0.2) is 11.9 Å². The first-order valence-corrected chi connectivity index (χ1v) is 8.90. The van der Waals surface area contributed by atoms with Crippen LogP contribution in [0.15, 0.2) is 12.2 Å². The Hall–Kier alpha value is -1.12. The molecule has 1 aliphatic rings. The van der Waals surface area contributed by atoms with Crippen molar-refractivity contribution in [2.24, 2.45) is 23.7 Å². The van der Waals surface area contributed by atoms with Gasteiger partial charge in [-0.15, -0.1) is 0 Å². The Kier molecular flexibility index (Phi) is 8.44. The van der Waals surface area contributed by atoms with Crippen molar-refractivity contribution in [3.8, 4) is 0 Å². The molecule has 22 heavy (non-hydrogen) atoms. The van der Waals surface area contributed by atoms with Gasteiger partial charge in [-0.05, 0) is 30.6 Å². The normalized spacial score (nSPS) is 22.8. The van der Waals surface area contributed by atoms with Gasteiger partial charge in [0.05, 0.1) is 12.3 Å². The third kappa shape index (κ3) is 6.33. The molecule has 0 spiro atoms. The molecular formula is C19H32O3. The van der Waals surface area contributed by atoms with Gasteiger partial charge in [-0.25, -0.2) is 0 Å². The van der Waals surface area contributed by atoms with E-state index in [9.17, 15) is 9.59 Å². The maximum Gasteiger partial charge on any atom is 0.317 e. The van der Waals surface area contributed by atoms with Gasteiger partial charge in [0, 0.05) is 0 Å². The molecule has 0 aromatic rings. The minimum atomic E-state index is -0.383. The standard InChI is InChI=1S/C19H32O3/c1-5-7-8-9-14(3)12-16(6-2)11-10-15(4)17-13-18(20)22-19(17)21/h10-11,14-17H,5-9,12-13H2,1-4H3. The fraction of sp³-hybridized carbons (Fsp3) is 0.789. The number of ether oxygens (including phenoxy) is 1. The van der Waals surface area contributed by atoms with E-state index in [1.165, 1.54) is 32.1 Å². The molecule has 3 heteroatoms. The number of hydrogen-bond donors (Lipinski definition) is 0. The molecule has 0 saturated carbocycles. The van der Waals surface area contributed by atoms with Crippen molar-refractivity contribution in [2.75, 3.05) is 0 Å². The predicted octanol–water partition coefficient (Wildman–Crippen LogP) is 4.90. The summed E-state index contributed by atoms with van der Waals surface area (Å²) in [4.78, 5) is 22.8. The van der Waals surface area contributed by atoms with E-state index >= 15 is 0 Å². The topological polar surface area (TPSA) is 43.4 Å². The summed E-state index contributed by atoms with van der Waals surface area (Å²) < 4.78 is 4.64. The molecule has 4 unspecified atom stereocenters. The van der Waals surface area contributed by atoms with E-state index in [4.69, 9.17) is 0 Å². The van der Waals surface area contributed by atoms with Gasteiger partial charge in [-0.3, -0.25) is 9.59 Å². The highest BCUT2D eigenvalue weighted by molar-refractivity contribution is 5.94. The Morgan fingerprint density at radius 1 is 1.18 bits per heavy atom. The van der Waals surface area contributed by atoms with Gasteiger partial charge in [0.15, 0.2) is 0 Å². The molecule has 0 amide bonds. The number of carbonyl (C=O) groups excluding carboxylic acids is 2. The van der Waals surface area contributed by atoms with Gasteiger partial charge in [0.1, 0.15) is 0 Å². The van der Waals surface area contributed by atoms with Crippen molar-refractivity contribution in [1.29, 1.82) is 0 Å². The monoisotopic (exact) mass is 308 g/mol. The summed E-state index contributed by atoms with van der Waals surface area (Å²) in [5.41, 5.74) is 0. The van der Waals surface area contributed by atoms with Crippen molar-refractivity contribution in [3.63, 3.8) is 0 Å². The van der Waals surface area contributed by atoms with Crippen LogP contribution in [0, 0.1) is 23.7 Å². The highest BCUT2D eigenvalue weighted by Crippen LogP contribution is 2.27. The first-order valence-electron chi connectivity index (χ1n) is 8.90. The van der Waals surface area contributed by atoms with Crippen molar-refractivity contribution in [3.05, 3.63) is 12.2 Å². The van der Waals surface area contributed by atoms with Crippen LogP contribution in [0.4, 0.5) is 0 Å². The molecule has 1 aliphatic heterocycles. The third-order valence-corrected chi connectivity index (χ3v) is 4.76. The Morgan fingerprint density at radius 2 is 1.91 bits per heavy atom. The number of hydrogen-bond acceptors (Lipinski definition) is 3. The number of allylic oxidation sites excluding steroid dienone is 2. The van der Waals surface area contributed by atoms with Crippen LogP contribution < -0.4 is 0 Å². The Bertz CT molecular complexity index is 386. The molecule has 126 valence electrons. The Labute approximate surface area is 135 Å². The summed E-state index contributed by atoms with van der Waals surface area (Å²) in [6.45, 7) is 8.79. The van der Waals surface area contributed by atoms with Crippen LogP contribution in [0.5, 0.6) is 0 Å². The minimum Gasteiger partial charge on any atom is -0.393 e. The molecule has 0 aliphatic carbocycles. The van der Waals surface area contributed by atoms with Gasteiger partial charge in [-0.1, -0.05) is 65.5 Å². The van der Waals surface area contributed by atoms with Crippen LogP contribution in [0.25, 0.3) is 0 Å². The molecule has 3 nitrogen and oxygen atoms in total. The second kappa shape index (κ2) is 9.81. The zero-order chi connectivity index (χ0) is 16.5. The lowest BCUT2D eigenvalue weighted by molar-refractivity contribution is -0.153. The van der Waals surface area contributed by atoms with Gasteiger partial charge in [-0.2, -0.15) is 0 Å². The molecule has 1 fully saturated rings. The molecule has 1 saturated heterocycles. The van der Waals surface area contributed by atoms with Crippen LogP contribution >= 0.6 is 0 Å². The molecular weight excluding hydrogens is 276 g/mol. The van der Waals surface area contributed by atoms with Gasteiger partial charge in [0.25, 0.3) is 0 Å². The zero-order valence-corrected chi connectivity index (χ0v) is 14.6. The third-order valence-electron chi connectivity index (χ3n) is 4.76. The van der Waals surface area contributed by atoms with Crippen LogP contribution in [0.3, 0.4) is 0 Å². The number of unbranched alkanes of at least 4 members (excludes halogenated alkanes) is 2. The smallest absolute Gasteiger partial charge is 0.317 e. The van der Waals surface area contributed by atoms with Crippen molar-refractivity contribution in [1.82, 2.24) is 0 Å². The highest BCUT2D eigenvalue weighted by atomic mass is 16.6. The summed E-state index contributed by atoms with van der Waals surface area (Å²) >= 11 is 0. The number of cyclic esters (lactones) is 2. The molecule has 0 bridgehead atoms. The fourth-order valence-corrected chi connectivity index (χ4v) is 3.12. The van der Waals surface area contributed by atoms with Gasteiger partial charge < -0.3 is 4.74 Å². The lowest BCUT2D eigenvalue weighted by Crippen LogP contribution is -2.15. The maximum atomic E-state index is 11.6. The van der Waals surface area contributed by atoms with Crippen LogP contribution in [0.1, 0.15) is 72.6 Å². The summed E-state index contributed by atoms with van der Waals surface area (Å²) in [5, 5.41) is 0. The molecule has 1 heterocycles. The number of carbonyl (C=O) groups is 2. The van der Waals surface area contributed by atoms with E-state index in [2.05, 4.69) is 37.7 Å².